The van der Waals surface area contributed by atoms with Crippen molar-refractivity contribution < 1.29 is 4.79 Å². The Balaban J connectivity index is 1.43. The summed E-state index contributed by atoms with van der Waals surface area (Å²) in [7, 11) is 0. The molecule has 0 aliphatic carbocycles. The third kappa shape index (κ3) is 3.51. The van der Waals surface area contributed by atoms with Crippen molar-refractivity contribution in [1.29, 1.82) is 0 Å². The fourth-order valence-corrected chi connectivity index (χ4v) is 4.23. The number of aryl methyl sites for hydroxylation is 1. The SMILES string of the molecule is Cc1ccsc1C(=O)N[C@@H]1CCCN(c2cc(-c3ccccc3)[nH]n2)C1. The van der Waals surface area contributed by atoms with Crippen LogP contribution in [0.5, 0.6) is 0 Å². The summed E-state index contributed by atoms with van der Waals surface area (Å²) in [6, 6.07) is 14.4. The van der Waals surface area contributed by atoms with Crippen LogP contribution in [0.3, 0.4) is 0 Å². The lowest BCUT2D eigenvalue weighted by atomic mass is 10.1. The Morgan fingerprint density at radius 1 is 1.31 bits per heavy atom. The monoisotopic (exact) mass is 366 g/mol. The lowest BCUT2D eigenvalue weighted by molar-refractivity contribution is 0.0936. The Bertz CT molecular complexity index is 886. The number of hydrogen-bond donors (Lipinski definition) is 2. The maximum absolute atomic E-state index is 12.5. The molecule has 26 heavy (non-hydrogen) atoms. The maximum atomic E-state index is 12.5. The van der Waals surface area contributed by atoms with Crippen LogP contribution in [0.2, 0.25) is 0 Å². The van der Waals surface area contributed by atoms with Gasteiger partial charge in [-0.05, 0) is 42.3 Å². The van der Waals surface area contributed by atoms with E-state index in [-0.39, 0.29) is 11.9 Å². The van der Waals surface area contributed by atoms with E-state index >= 15 is 0 Å². The first-order chi connectivity index (χ1) is 12.7. The van der Waals surface area contributed by atoms with Crippen LogP contribution >= 0.6 is 11.3 Å². The predicted molar refractivity (Wildman–Crippen MR) is 106 cm³/mol. The number of thiophene rings is 1. The molecule has 4 rings (SSSR count). The summed E-state index contributed by atoms with van der Waals surface area (Å²) in [5.74, 6) is 0.978. The number of piperidine rings is 1. The molecular formula is C20H22N4OS. The topological polar surface area (TPSA) is 61.0 Å². The van der Waals surface area contributed by atoms with Crippen LogP contribution in [0.4, 0.5) is 5.82 Å². The fraction of sp³-hybridized carbons (Fsp3) is 0.300. The van der Waals surface area contributed by atoms with E-state index in [1.165, 1.54) is 11.3 Å². The number of aromatic nitrogens is 2. The minimum atomic E-state index is 0.0383. The first kappa shape index (κ1) is 16.8. The number of anilines is 1. The average molecular weight is 366 g/mol. The second-order valence-electron chi connectivity index (χ2n) is 6.70. The zero-order valence-corrected chi connectivity index (χ0v) is 15.6. The lowest BCUT2D eigenvalue weighted by Crippen LogP contribution is -2.47. The molecule has 1 aliphatic heterocycles. The van der Waals surface area contributed by atoms with Crippen molar-refractivity contribution in [3.05, 3.63) is 58.3 Å². The molecule has 0 bridgehead atoms. The molecule has 1 aliphatic rings. The molecule has 5 nitrogen and oxygen atoms in total. The molecule has 0 radical (unpaired) electrons. The number of nitrogens with one attached hydrogen (secondary N) is 2. The van der Waals surface area contributed by atoms with E-state index in [9.17, 15) is 4.79 Å². The first-order valence-electron chi connectivity index (χ1n) is 8.91. The van der Waals surface area contributed by atoms with Crippen LogP contribution in [-0.2, 0) is 0 Å². The Labute approximate surface area is 157 Å². The molecule has 2 aromatic heterocycles. The zero-order chi connectivity index (χ0) is 17.9. The van der Waals surface area contributed by atoms with Gasteiger partial charge in [0, 0.05) is 25.2 Å². The molecule has 1 atom stereocenters. The van der Waals surface area contributed by atoms with Crippen molar-refractivity contribution in [3.63, 3.8) is 0 Å². The van der Waals surface area contributed by atoms with Gasteiger partial charge in [0.15, 0.2) is 5.82 Å². The second-order valence-corrected chi connectivity index (χ2v) is 7.61. The van der Waals surface area contributed by atoms with Gasteiger partial charge in [0.05, 0.1) is 10.6 Å². The molecule has 1 aromatic carbocycles. The molecule has 0 saturated carbocycles. The molecule has 6 heteroatoms. The van der Waals surface area contributed by atoms with Gasteiger partial charge in [-0.1, -0.05) is 30.3 Å². The Kier molecular flexibility index (Phi) is 4.75. The third-order valence-corrected chi connectivity index (χ3v) is 5.81. The van der Waals surface area contributed by atoms with Gasteiger partial charge in [-0.3, -0.25) is 9.89 Å². The molecule has 134 valence electrons. The summed E-state index contributed by atoms with van der Waals surface area (Å²) < 4.78 is 0. The van der Waals surface area contributed by atoms with Gasteiger partial charge in [0.2, 0.25) is 0 Å². The highest BCUT2D eigenvalue weighted by atomic mass is 32.1. The van der Waals surface area contributed by atoms with Crippen LogP contribution < -0.4 is 10.2 Å². The summed E-state index contributed by atoms with van der Waals surface area (Å²) in [6.07, 6.45) is 2.05. The molecule has 1 saturated heterocycles. The predicted octanol–water partition coefficient (Wildman–Crippen LogP) is 3.85. The molecule has 1 fully saturated rings. The molecular weight excluding hydrogens is 344 g/mol. The van der Waals surface area contributed by atoms with Crippen molar-refractivity contribution in [2.24, 2.45) is 0 Å². The van der Waals surface area contributed by atoms with Gasteiger partial charge in [0.25, 0.3) is 5.91 Å². The summed E-state index contributed by atoms with van der Waals surface area (Å²) in [6.45, 7) is 3.73. The highest BCUT2D eigenvalue weighted by Crippen LogP contribution is 2.24. The lowest BCUT2D eigenvalue weighted by Gasteiger charge is -2.33. The Morgan fingerprint density at radius 2 is 2.15 bits per heavy atom. The highest BCUT2D eigenvalue weighted by molar-refractivity contribution is 7.12. The van der Waals surface area contributed by atoms with Crippen molar-refractivity contribution in [1.82, 2.24) is 15.5 Å². The van der Waals surface area contributed by atoms with Gasteiger partial charge in [-0.15, -0.1) is 11.3 Å². The fourth-order valence-electron chi connectivity index (χ4n) is 3.40. The minimum absolute atomic E-state index is 0.0383. The number of rotatable bonds is 4. The number of aromatic amines is 1. The number of nitrogens with zero attached hydrogens (tertiary/aromatic N) is 2. The minimum Gasteiger partial charge on any atom is -0.353 e. The van der Waals surface area contributed by atoms with E-state index in [0.717, 1.165) is 53.4 Å². The molecule has 0 spiro atoms. The molecule has 3 heterocycles. The van der Waals surface area contributed by atoms with Crippen LogP contribution in [0.15, 0.2) is 47.8 Å². The van der Waals surface area contributed by atoms with E-state index in [0.29, 0.717) is 0 Å². The molecule has 3 aromatic rings. The summed E-state index contributed by atoms with van der Waals surface area (Å²) in [5.41, 5.74) is 3.18. The van der Waals surface area contributed by atoms with E-state index in [1.807, 2.05) is 36.6 Å². The zero-order valence-electron chi connectivity index (χ0n) is 14.7. The second kappa shape index (κ2) is 7.33. The van der Waals surface area contributed by atoms with Gasteiger partial charge >= 0.3 is 0 Å². The number of carbonyl (C=O) groups excluding carboxylic acids is 1. The first-order valence-corrected chi connectivity index (χ1v) is 9.79. The molecule has 0 unspecified atom stereocenters. The Morgan fingerprint density at radius 3 is 2.92 bits per heavy atom. The average Bonchev–Trinajstić information content (AvgIpc) is 3.32. The number of carbonyl (C=O) groups is 1. The standard InChI is InChI=1S/C20H22N4OS/c1-14-9-11-26-19(14)20(25)21-16-8-5-10-24(13-16)18-12-17(22-23-18)15-6-3-2-4-7-15/h2-4,6-7,9,11-12,16H,5,8,10,13H2,1H3,(H,21,25)(H,22,23)/t16-/m1/s1. The van der Waals surface area contributed by atoms with E-state index in [2.05, 4.69) is 38.6 Å². The van der Waals surface area contributed by atoms with Crippen LogP contribution in [0.25, 0.3) is 11.3 Å². The molecule has 2 N–H and O–H groups in total. The van der Waals surface area contributed by atoms with E-state index < -0.39 is 0 Å². The van der Waals surface area contributed by atoms with Crippen molar-refractivity contribution >= 4 is 23.1 Å². The third-order valence-electron chi connectivity index (χ3n) is 4.80. The quantitative estimate of drug-likeness (QED) is 0.737. The number of H-pyrrole nitrogens is 1. The summed E-state index contributed by atoms with van der Waals surface area (Å²) in [4.78, 5) is 15.5. The van der Waals surface area contributed by atoms with E-state index in [1.54, 1.807) is 0 Å². The van der Waals surface area contributed by atoms with Crippen molar-refractivity contribution in [3.8, 4) is 11.3 Å². The smallest absolute Gasteiger partial charge is 0.261 e. The summed E-state index contributed by atoms with van der Waals surface area (Å²) in [5, 5.41) is 12.8. The van der Waals surface area contributed by atoms with Crippen LogP contribution in [0.1, 0.15) is 28.1 Å². The van der Waals surface area contributed by atoms with Crippen molar-refractivity contribution in [2.75, 3.05) is 18.0 Å². The van der Waals surface area contributed by atoms with E-state index in [4.69, 9.17) is 0 Å². The van der Waals surface area contributed by atoms with Crippen LogP contribution in [-0.4, -0.2) is 35.2 Å². The number of amides is 1. The highest BCUT2D eigenvalue weighted by Gasteiger charge is 2.24. The van der Waals surface area contributed by atoms with Gasteiger partial charge in [-0.2, -0.15) is 5.10 Å². The molecule has 1 amide bonds. The number of hydrogen-bond acceptors (Lipinski definition) is 4. The maximum Gasteiger partial charge on any atom is 0.261 e. The van der Waals surface area contributed by atoms with Crippen LogP contribution in [0, 0.1) is 6.92 Å². The normalized spacial score (nSPS) is 17.3. The van der Waals surface area contributed by atoms with Crippen molar-refractivity contribution in [2.45, 2.75) is 25.8 Å². The van der Waals surface area contributed by atoms with Gasteiger partial charge in [0.1, 0.15) is 0 Å². The number of benzene rings is 1. The Hall–Kier alpha value is -2.60. The largest absolute Gasteiger partial charge is 0.353 e. The van der Waals surface area contributed by atoms with Gasteiger partial charge in [-0.25, -0.2) is 0 Å². The summed E-state index contributed by atoms with van der Waals surface area (Å²) >= 11 is 1.50. The van der Waals surface area contributed by atoms with Gasteiger partial charge < -0.3 is 10.2 Å².